The lowest BCUT2D eigenvalue weighted by Crippen LogP contribution is -2.44. The summed E-state index contributed by atoms with van der Waals surface area (Å²) in [7, 11) is 0. The van der Waals surface area contributed by atoms with Crippen molar-refractivity contribution in [2.45, 2.75) is 19.0 Å². The van der Waals surface area contributed by atoms with Crippen LogP contribution in [-0.4, -0.2) is 40.3 Å². The molecule has 94 valence electrons. The number of aromatic amines is 1. The second-order valence-corrected chi connectivity index (χ2v) is 4.10. The molecule has 1 aliphatic heterocycles. The van der Waals surface area contributed by atoms with E-state index >= 15 is 0 Å². The van der Waals surface area contributed by atoms with Gasteiger partial charge in [-0.25, -0.2) is 0 Å². The van der Waals surface area contributed by atoms with Crippen LogP contribution >= 0.6 is 0 Å². The molecule has 1 aliphatic rings. The Morgan fingerprint density at radius 1 is 1.53 bits per heavy atom. The molecule has 2 heterocycles. The van der Waals surface area contributed by atoms with E-state index in [1.807, 2.05) is 0 Å². The minimum absolute atomic E-state index is 0.0935. The third kappa shape index (κ3) is 2.59. The van der Waals surface area contributed by atoms with Gasteiger partial charge in [-0.15, -0.1) is 0 Å². The summed E-state index contributed by atoms with van der Waals surface area (Å²) in [4.78, 5) is 13.1. The summed E-state index contributed by atoms with van der Waals surface area (Å²) in [6.07, 6.45) is -2.36. The molecule has 0 bridgehead atoms. The van der Waals surface area contributed by atoms with E-state index in [1.165, 1.54) is 17.2 Å². The number of nitrogens with zero attached hydrogens (tertiary/aromatic N) is 2. The van der Waals surface area contributed by atoms with Crippen LogP contribution in [0.4, 0.5) is 13.2 Å². The normalized spacial score (nSPS) is 21.6. The van der Waals surface area contributed by atoms with Gasteiger partial charge >= 0.3 is 6.18 Å². The van der Waals surface area contributed by atoms with Crippen LogP contribution in [0.2, 0.25) is 0 Å². The van der Waals surface area contributed by atoms with E-state index in [1.54, 1.807) is 0 Å². The molecule has 7 heteroatoms. The third-order valence-corrected chi connectivity index (χ3v) is 2.90. The van der Waals surface area contributed by atoms with Crippen LogP contribution < -0.4 is 0 Å². The molecule has 17 heavy (non-hydrogen) atoms. The van der Waals surface area contributed by atoms with Crippen molar-refractivity contribution in [3.05, 3.63) is 18.0 Å². The SMILES string of the molecule is O=C(c1ccn[nH]1)N1CCC[C@@H](C(F)(F)F)C1. The first-order valence-electron chi connectivity index (χ1n) is 5.34. The van der Waals surface area contributed by atoms with Crippen molar-refractivity contribution < 1.29 is 18.0 Å². The number of carbonyl (C=O) groups is 1. The van der Waals surface area contributed by atoms with Gasteiger partial charge in [0.1, 0.15) is 5.69 Å². The van der Waals surface area contributed by atoms with Gasteiger partial charge in [0.15, 0.2) is 0 Å². The smallest absolute Gasteiger partial charge is 0.337 e. The molecule has 1 N–H and O–H groups in total. The standard InChI is InChI=1S/C10H12F3N3O/c11-10(12,13)7-2-1-5-16(6-7)9(17)8-3-4-14-15-8/h3-4,7H,1-2,5-6H2,(H,14,15)/t7-/m1/s1. The lowest BCUT2D eigenvalue weighted by Gasteiger charge is -2.33. The number of piperidine rings is 1. The fourth-order valence-corrected chi connectivity index (χ4v) is 1.97. The fourth-order valence-electron chi connectivity index (χ4n) is 1.97. The number of rotatable bonds is 1. The molecule has 2 rings (SSSR count). The molecule has 1 saturated heterocycles. The van der Waals surface area contributed by atoms with Gasteiger partial charge in [-0.05, 0) is 18.9 Å². The van der Waals surface area contributed by atoms with E-state index in [9.17, 15) is 18.0 Å². The highest BCUT2D eigenvalue weighted by atomic mass is 19.4. The van der Waals surface area contributed by atoms with Crippen molar-refractivity contribution in [1.29, 1.82) is 0 Å². The lowest BCUT2D eigenvalue weighted by atomic mass is 9.97. The molecule has 1 fully saturated rings. The van der Waals surface area contributed by atoms with Gasteiger partial charge in [0.25, 0.3) is 5.91 Å². The first-order valence-corrected chi connectivity index (χ1v) is 5.34. The maximum absolute atomic E-state index is 12.6. The van der Waals surface area contributed by atoms with Crippen molar-refractivity contribution >= 4 is 5.91 Å². The van der Waals surface area contributed by atoms with Gasteiger partial charge in [-0.3, -0.25) is 9.89 Å². The number of halogens is 3. The summed E-state index contributed by atoms with van der Waals surface area (Å²) in [5, 5.41) is 6.08. The van der Waals surface area contributed by atoms with Gasteiger partial charge in [-0.2, -0.15) is 18.3 Å². The first kappa shape index (κ1) is 11.9. The van der Waals surface area contributed by atoms with E-state index in [0.29, 0.717) is 13.0 Å². The molecule has 1 aromatic heterocycles. The van der Waals surface area contributed by atoms with Crippen molar-refractivity contribution in [3.63, 3.8) is 0 Å². The maximum Gasteiger partial charge on any atom is 0.393 e. The predicted octanol–water partition coefficient (Wildman–Crippen LogP) is 1.82. The van der Waals surface area contributed by atoms with Crippen LogP contribution in [0.1, 0.15) is 23.3 Å². The summed E-state index contributed by atoms with van der Waals surface area (Å²) in [6.45, 7) is 0.103. The molecule has 0 aromatic carbocycles. The quantitative estimate of drug-likeness (QED) is 0.823. The van der Waals surface area contributed by atoms with Crippen molar-refractivity contribution in [2.24, 2.45) is 5.92 Å². The zero-order valence-corrected chi connectivity index (χ0v) is 9.00. The van der Waals surface area contributed by atoms with E-state index < -0.39 is 18.0 Å². The highest BCUT2D eigenvalue weighted by Crippen LogP contribution is 2.33. The number of nitrogens with one attached hydrogen (secondary N) is 1. The Morgan fingerprint density at radius 2 is 2.29 bits per heavy atom. The molecule has 1 atom stereocenters. The van der Waals surface area contributed by atoms with E-state index in [4.69, 9.17) is 0 Å². The number of hydrogen-bond donors (Lipinski definition) is 1. The molecule has 0 unspecified atom stereocenters. The zero-order valence-electron chi connectivity index (χ0n) is 9.00. The number of hydrogen-bond acceptors (Lipinski definition) is 2. The van der Waals surface area contributed by atoms with Crippen LogP contribution in [0.3, 0.4) is 0 Å². The topological polar surface area (TPSA) is 49.0 Å². The summed E-state index contributed by atoms with van der Waals surface area (Å²) in [5.74, 6) is -1.83. The fraction of sp³-hybridized carbons (Fsp3) is 0.600. The lowest BCUT2D eigenvalue weighted by molar-refractivity contribution is -0.184. The summed E-state index contributed by atoms with van der Waals surface area (Å²) in [5.41, 5.74) is 0.229. The second-order valence-electron chi connectivity index (χ2n) is 4.10. The maximum atomic E-state index is 12.6. The molecule has 0 aliphatic carbocycles. The summed E-state index contributed by atoms with van der Waals surface area (Å²) < 4.78 is 37.7. The Labute approximate surface area is 95.8 Å². The molecule has 0 radical (unpaired) electrons. The number of aromatic nitrogens is 2. The molecule has 1 aromatic rings. The van der Waals surface area contributed by atoms with Gasteiger partial charge in [0.2, 0.25) is 0 Å². The first-order chi connectivity index (χ1) is 7.98. The van der Waals surface area contributed by atoms with E-state index in [2.05, 4.69) is 10.2 Å². The van der Waals surface area contributed by atoms with Crippen LogP contribution in [0, 0.1) is 5.92 Å². The van der Waals surface area contributed by atoms with Crippen LogP contribution in [0.5, 0.6) is 0 Å². The predicted molar refractivity (Wildman–Crippen MR) is 53.3 cm³/mol. The van der Waals surface area contributed by atoms with Crippen molar-refractivity contribution in [3.8, 4) is 0 Å². The number of alkyl halides is 3. The Morgan fingerprint density at radius 3 is 2.88 bits per heavy atom. The average Bonchev–Trinajstić information content (AvgIpc) is 2.80. The molecule has 4 nitrogen and oxygen atoms in total. The van der Waals surface area contributed by atoms with Crippen molar-refractivity contribution in [2.75, 3.05) is 13.1 Å². The van der Waals surface area contributed by atoms with Crippen LogP contribution in [-0.2, 0) is 0 Å². The molecular weight excluding hydrogens is 235 g/mol. The second kappa shape index (κ2) is 4.38. The highest BCUT2D eigenvalue weighted by molar-refractivity contribution is 5.92. The third-order valence-electron chi connectivity index (χ3n) is 2.90. The summed E-state index contributed by atoms with van der Waals surface area (Å²) in [6, 6.07) is 1.46. The van der Waals surface area contributed by atoms with E-state index in [-0.39, 0.29) is 18.7 Å². The van der Waals surface area contributed by atoms with Gasteiger partial charge in [-0.1, -0.05) is 0 Å². The van der Waals surface area contributed by atoms with Crippen molar-refractivity contribution in [1.82, 2.24) is 15.1 Å². The van der Waals surface area contributed by atoms with Crippen LogP contribution in [0.25, 0.3) is 0 Å². The summed E-state index contributed by atoms with van der Waals surface area (Å²) >= 11 is 0. The highest BCUT2D eigenvalue weighted by Gasteiger charge is 2.42. The number of H-pyrrole nitrogens is 1. The van der Waals surface area contributed by atoms with Crippen LogP contribution in [0.15, 0.2) is 12.3 Å². The molecule has 1 amide bonds. The van der Waals surface area contributed by atoms with Gasteiger partial charge < -0.3 is 4.90 Å². The minimum atomic E-state index is -4.23. The zero-order chi connectivity index (χ0) is 12.5. The Kier molecular flexibility index (Phi) is 3.08. The Balaban J connectivity index is 2.05. The minimum Gasteiger partial charge on any atom is -0.337 e. The van der Waals surface area contributed by atoms with Gasteiger partial charge in [0, 0.05) is 19.3 Å². The molecular formula is C10H12F3N3O. The largest absolute Gasteiger partial charge is 0.393 e. The Bertz CT molecular complexity index is 388. The number of carbonyl (C=O) groups excluding carboxylic acids is 1. The van der Waals surface area contributed by atoms with E-state index in [0.717, 1.165) is 0 Å². The average molecular weight is 247 g/mol. The van der Waals surface area contributed by atoms with Gasteiger partial charge in [0.05, 0.1) is 5.92 Å². The molecule has 0 saturated carbocycles. The number of amides is 1. The monoisotopic (exact) mass is 247 g/mol. The molecule has 0 spiro atoms. The Hall–Kier alpha value is -1.53. The number of likely N-dealkylation sites (tertiary alicyclic amines) is 1.